The Labute approximate surface area is 134 Å². The Balaban J connectivity index is 2.38. The molecule has 0 saturated carbocycles. The standard InChI is InChI=1S/C15H12BrClFN3/c1-8-6-11(18)10(16)7-13(8)21-14(9(2)17)20-12-4-3-5-19-15(12)21/h3-7,9H,1-2H3. The van der Waals surface area contributed by atoms with Crippen LogP contribution in [-0.2, 0) is 0 Å². The zero-order chi connectivity index (χ0) is 15.1. The van der Waals surface area contributed by atoms with Crippen LogP contribution in [0.5, 0.6) is 0 Å². The van der Waals surface area contributed by atoms with Gasteiger partial charge in [-0.2, -0.15) is 0 Å². The quantitative estimate of drug-likeness (QED) is 0.600. The molecule has 0 spiro atoms. The molecule has 21 heavy (non-hydrogen) atoms. The number of rotatable bonds is 2. The molecular formula is C15H12BrClFN3. The SMILES string of the molecule is Cc1cc(F)c(Br)cc1-n1c(C(C)Cl)nc2cccnc21. The highest BCUT2D eigenvalue weighted by molar-refractivity contribution is 9.10. The third-order valence-electron chi connectivity index (χ3n) is 3.28. The number of alkyl halides is 1. The van der Waals surface area contributed by atoms with Crippen molar-refractivity contribution in [2.45, 2.75) is 19.2 Å². The van der Waals surface area contributed by atoms with Gasteiger partial charge in [0.2, 0.25) is 0 Å². The van der Waals surface area contributed by atoms with Crippen molar-refractivity contribution in [1.29, 1.82) is 0 Å². The minimum absolute atomic E-state index is 0.289. The van der Waals surface area contributed by atoms with E-state index < -0.39 is 0 Å². The van der Waals surface area contributed by atoms with Crippen LogP contribution in [0.2, 0.25) is 0 Å². The van der Waals surface area contributed by atoms with Crippen molar-refractivity contribution in [1.82, 2.24) is 14.5 Å². The first-order valence-corrected chi connectivity index (χ1v) is 7.65. The van der Waals surface area contributed by atoms with Crippen LogP contribution in [0.4, 0.5) is 4.39 Å². The summed E-state index contributed by atoms with van der Waals surface area (Å²) in [7, 11) is 0. The molecule has 3 aromatic rings. The Morgan fingerprint density at radius 3 is 2.86 bits per heavy atom. The van der Waals surface area contributed by atoms with E-state index in [-0.39, 0.29) is 11.2 Å². The molecule has 0 aliphatic rings. The van der Waals surface area contributed by atoms with E-state index >= 15 is 0 Å². The normalized spacial score (nSPS) is 12.8. The Hall–Kier alpha value is -1.46. The molecule has 0 saturated heterocycles. The van der Waals surface area contributed by atoms with Crippen LogP contribution < -0.4 is 0 Å². The topological polar surface area (TPSA) is 30.7 Å². The average Bonchev–Trinajstić information content (AvgIpc) is 2.82. The minimum Gasteiger partial charge on any atom is -0.279 e. The smallest absolute Gasteiger partial charge is 0.164 e. The fraction of sp³-hybridized carbons (Fsp3) is 0.200. The highest BCUT2D eigenvalue weighted by Gasteiger charge is 2.19. The lowest BCUT2D eigenvalue weighted by atomic mass is 10.2. The minimum atomic E-state index is -0.297. The summed E-state index contributed by atoms with van der Waals surface area (Å²) in [4.78, 5) is 8.93. The van der Waals surface area contributed by atoms with Crippen molar-refractivity contribution in [3.63, 3.8) is 0 Å². The third kappa shape index (κ3) is 2.45. The van der Waals surface area contributed by atoms with Gasteiger partial charge in [-0.05, 0) is 59.6 Å². The van der Waals surface area contributed by atoms with Crippen molar-refractivity contribution in [2.24, 2.45) is 0 Å². The van der Waals surface area contributed by atoms with Crippen LogP contribution in [0.1, 0.15) is 23.7 Å². The maximum Gasteiger partial charge on any atom is 0.164 e. The molecule has 0 amide bonds. The number of halogens is 3. The molecule has 2 aromatic heterocycles. The van der Waals surface area contributed by atoms with Crippen molar-refractivity contribution in [3.05, 3.63) is 52.1 Å². The van der Waals surface area contributed by atoms with E-state index in [2.05, 4.69) is 25.9 Å². The van der Waals surface area contributed by atoms with E-state index in [9.17, 15) is 4.39 Å². The molecule has 6 heteroatoms. The maximum absolute atomic E-state index is 13.7. The van der Waals surface area contributed by atoms with Crippen LogP contribution in [0.3, 0.4) is 0 Å². The zero-order valence-corrected chi connectivity index (χ0v) is 13.8. The Kier molecular flexibility index (Phi) is 3.71. The van der Waals surface area contributed by atoms with E-state index in [4.69, 9.17) is 11.6 Å². The molecular weight excluding hydrogens is 357 g/mol. The number of aromatic nitrogens is 3. The van der Waals surface area contributed by atoms with Crippen molar-refractivity contribution < 1.29 is 4.39 Å². The average molecular weight is 369 g/mol. The maximum atomic E-state index is 13.7. The van der Waals surface area contributed by atoms with Gasteiger partial charge in [-0.1, -0.05) is 0 Å². The fourth-order valence-corrected chi connectivity index (χ4v) is 2.79. The molecule has 0 bridgehead atoms. The van der Waals surface area contributed by atoms with Gasteiger partial charge in [0, 0.05) is 6.20 Å². The molecule has 3 nitrogen and oxygen atoms in total. The third-order valence-corrected chi connectivity index (χ3v) is 4.08. The highest BCUT2D eigenvalue weighted by Crippen LogP contribution is 2.30. The molecule has 0 N–H and O–H groups in total. The number of pyridine rings is 1. The number of nitrogens with zero attached hydrogens (tertiary/aromatic N) is 3. The van der Waals surface area contributed by atoms with Gasteiger partial charge in [-0.3, -0.25) is 4.57 Å². The molecule has 0 aliphatic carbocycles. The summed E-state index contributed by atoms with van der Waals surface area (Å²) >= 11 is 9.49. The number of hydrogen-bond donors (Lipinski definition) is 0. The molecule has 1 unspecified atom stereocenters. The summed E-state index contributed by atoms with van der Waals surface area (Å²) in [5.74, 6) is 0.390. The Morgan fingerprint density at radius 2 is 2.14 bits per heavy atom. The van der Waals surface area contributed by atoms with Gasteiger partial charge in [-0.25, -0.2) is 14.4 Å². The number of aryl methyl sites for hydroxylation is 1. The van der Waals surface area contributed by atoms with Crippen molar-refractivity contribution in [2.75, 3.05) is 0 Å². The first-order valence-electron chi connectivity index (χ1n) is 6.42. The van der Waals surface area contributed by atoms with E-state index in [1.807, 2.05) is 30.5 Å². The summed E-state index contributed by atoms with van der Waals surface area (Å²) in [6.07, 6.45) is 1.71. The fourth-order valence-electron chi connectivity index (χ4n) is 2.31. The van der Waals surface area contributed by atoms with E-state index in [1.54, 1.807) is 12.3 Å². The van der Waals surface area contributed by atoms with Crippen molar-refractivity contribution >= 4 is 38.7 Å². The molecule has 108 valence electrons. The second-order valence-corrected chi connectivity index (χ2v) is 6.33. The lowest BCUT2D eigenvalue weighted by Gasteiger charge is -2.13. The van der Waals surface area contributed by atoms with Crippen LogP contribution in [0.25, 0.3) is 16.9 Å². The van der Waals surface area contributed by atoms with Crippen molar-refractivity contribution in [3.8, 4) is 5.69 Å². The van der Waals surface area contributed by atoms with Crippen LogP contribution >= 0.6 is 27.5 Å². The van der Waals surface area contributed by atoms with Crippen LogP contribution in [-0.4, -0.2) is 14.5 Å². The van der Waals surface area contributed by atoms with Gasteiger partial charge in [-0.15, -0.1) is 11.6 Å². The second kappa shape index (κ2) is 5.39. The monoisotopic (exact) mass is 367 g/mol. The summed E-state index contributed by atoms with van der Waals surface area (Å²) in [5, 5.41) is -0.289. The Bertz CT molecular complexity index is 829. The van der Waals surface area contributed by atoms with Gasteiger partial charge in [0.25, 0.3) is 0 Å². The van der Waals surface area contributed by atoms with Gasteiger partial charge in [0.05, 0.1) is 15.5 Å². The number of hydrogen-bond acceptors (Lipinski definition) is 2. The lowest BCUT2D eigenvalue weighted by molar-refractivity contribution is 0.619. The molecule has 0 radical (unpaired) electrons. The summed E-state index contributed by atoms with van der Waals surface area (Å²) in [6.45, 7) is 3.70. The molecule has 0 fully saturated rings. The zero-order valence-electron chi connectivity index (χ0n) is 11.4. The van der Waals surface area contributed by atoms with E-state index in [0.717, 1.165) is 16.8 Å². The number of benzene rings is 1. The van der Waals surface area contributed by atoms with Crippen LogP contribution in [0, 0.1) is 12.7 Å². The second-order valence-electron chi connectivity index (χ2n) is 4.82. The van der Waals surface area contributed by atoms with E-state index in [1.165, 1.54) is 6.07 Å². The molecule has 2 heterocycles. The predicted molar refractivity (Wildman–Crippen MR) is 85.5 cm³/mol. The molecule has 3 rings (SSSR count). The number of fused-ring (bicyclic) bond motifs is 1. The van der Waals surface area contributed by atoms with Gasteiger partial charge < -0.3 is 0 Å². The lowest BCUT2D eigenvalue weighted by Crippen LogP contribution is -2.05. The summed E-state index contributed by atoms with van der Waals surface area (Å²) in [5.41, 5.74) is 3.08. The Morgan fingerprint density at radius 1 is 1.38 bits per heavy atom. The van der Waals surface area contributed by atoms with Gasteiger partial charge in [0.1, 0.15) is 17.2 Å². The molecule has 0 aliphatic heterocycles. The largest absolute Gasteiger partial charge is 0.279 e. The molecule has 1 aromatic carbocycles. The molecule has 1 atom stereocenters. The first kappa shape index (κ1) is 14.5. The van der Waals surface area contributed by atoms with Gasteiger partial charge in [0.15, 0.2) is 5.65 Å². The highest BCUT2D eigenvalue weighted by atomic mass is 79.9. The summed E-state index contributed by atoms with van der Waals surface area (Å²) in [6, 6.07) is 6.92. The predicted octanol–water partition coefficient (Wildman–Crippen LogP) is 4.93. The van der Waals surface area contributed by atoms with Crippen LogP contribution in [0.15, 0.2) is 34.9 Å². The first-order chi connectivity index (χ1) is 9.99. The van der Waals surface area contributed by atoms with E-state index in [0.29, 0.717) is 15.9 Å². The number of imidazole rings is 1. The summed E-state index contributed by atoms with van der Waals surface area (Å²) < 4.78 is 15.9. The van der Waals surface area contributed by atoms with Gasteiger partial charge >= 0.3 is 0 Å².